The molecule has 5 nitrogen and oxygen atoms in total. The first-order valence-corrected chi connectivity index (χ1v) is 6.23. The number of rotatable bonds is 4. The van der Waals surface area contributed by atoms with E-state index in [4.69, 9.17) is 4.74 Å². The molecule has 5 heteroatoms. The molecule has 0 radical (unpaired) electrons. The summed E-state index contributed by atoms with van der Waals surface area (Å²) in [5, 5.41) is 7.16. The molecule has 2 heterocycles. The Labute approximate surface area is 100 Å². The Balaban J connectivity index is 1.57. The molecule has 1 atom stereocenters. The molecule has 1 saturated heterocycles. The summed E-state index contributed by atoms with van der Waals surface area (Å²) in [6.45, 7) is 1.52. The molecule has 1 aromatic rings. The van der Waals surface area contributed by atoms with Gasteiger partial charge in [-0.3, -0.25) is 9.48 Å². The molecule has 0 spiro atoms. The average Bonchev–Trinajstić information content (AvgIpc) is 2.84. The van der Waals surface area contributed by atoms with Gasteiger partial charge >= 0.3 is 0 Å². The minimum absolute atomic E-state index is 0.106. The van der Waals surface area contributed by atoms with E-state index in [0.29, 0.717) is 18.4 Å². The van der Waals surface area contributed by atoms with Gasteiger partial charge in [0.1, 0.15) is 0 Å². The van der Waals surface area contributed by atoms with Crippen LogP contribution in [-0.2, 0) is 9.53 Å². The van der Waals surface area contributed by atoms with Crippen molar-refractivity contribution < 1.29 is 9.53 Å². The monoisotopic (exact) mass is 235 g/mol. The van der Waals surface area contributed by atoms with E-state index in [1.807, 2.05) is 10.9 Å². The van der Waals surface area contributed by atoms with Gasteiger partial charge in [-0.15, -0.1) is 0 Å². The minimum Gasteiger partial charge on any atom is -0.379 e. The van der Waals surface area contributed by atoms with E-state index in [0.717, 1.165) is 25.3 Å². The van der Waals surface area contributed by atoms with E-state index in [9.17, 15) is 4.79 Å². The highest BCUT2D eigenvalue weighted by Crippen LogP contribution is 2.32. The lowest BCUT2D eigenvalue weighted by Gasteiger charge is -2.06. The summed E-state index contributed by atoms with van der Waals surface area (Å²) in [6.07, 6.45) is 7.65. The van der Waals surface area contributed by atoms with Gasteiger partial charge in [0.2, 0.25) is 5.91 Å². The molecular formula is C12H17N3O2. The largest absolute Gasteiger partial charge is 0.379 e. The van der Waals surface area contributed by atoms with Gasteiger partial charge in [0.25, 0.3) is 0 Å². The van der Waals surface area contributed by atoms with Crippen molar-refractivity contribution in [3.8, 4) is 0 Å². The summed E-state index contributed by atoms with van der Waals surface area (Å²) in [7, 11) is 0. The predicted molar refractivity (Wildman–Crippen MR) is 62.7 cm³/mol. The van der Waals surface area contributed by atoms with Gasteiger partial charge in [-0.2, -0.15) is 5.10 Å². The Kier molecular flexibility index (Phi) is 2.84. The lowest BCUT2D eigenvalue weighted by atomic mass is 10.3. The molecular weight excluding hydrogens is 218 g/mol. The first-order valence-electron chi connectivity index (χ1n) is 6.23. The molecule has 1 N–H and O–H groups in total. The standard InChI is InChI=1S/C12H17N3O2/c16-12(5-9-1-2-9)14-10-6-13-15(7-10)11-3-4-17-8-11/h6-7,9,11H,1-5,8H2,(H,14,16). The molecule has 17 heavy (non-hydrogen) atoms. The zero-order chi connectivity index (χ0) is 11.7. The Morgan fingerprint density at radius 3 is 3.12 bits per heavy atom. The highest BCUT2D eigenvalue weighted by molar-refractivity contribution is 5.90. The number of hydrogen-bond acceptors (Lipinski definition) is 3. The molecule has 1 aromatic heterocycles. The lowest BCUT2D eigenvalue weighted by molar-refractivity contribution is -0.116. The Bertz CT molecular complexity index is 406. The lowest BCUT2D eigenvalue weighted by Crippen LogP contribution is -2.12. The summed E-state index contributed by atoms with van der Waals surface area (Å²) in [6, 6.07) is 0.323. The highest BCUT2D eigenvalue weighted by Gasteiger charge is 2.24. The van der Waals surface area contributed by atoms with Crippen LogP contribution in [0.15, 0.2) is 12.4 Å². The highest BCUT2D eigenvalue weighted by atomic mass is 16.5. The van der Waals surface area contributed by atoms with Gasteiger partial charge in [0.15, 0.2) is 0 Å². The van der Waals surface area contributed by atoms with Crippen LogP contribution in [0, 0.1) is 5.92 Å². The molecule has 1 unspecified atom stereocenters. The topological polar surface area (TPSA) is 56.2 Å². The number of anilines is 1. The fraction of sp³-hybridized carbons (Fsp3) is 0.667. The van der Waals surface area contributed by atoms with E-state index in [1.54, 1.807) is 6.20 Å². The van der Waals surface area contributed by atoms with E-state index in [-0.39, 0.29) is 5.91 Å². The van der Waals surface area contributed by atoms with Gasteiger partial charge in [0.05, 0.1) is 24.5 Å². The van der Waals surface area contributed by atoms with Crippen LogP contribution in [0.25, 0.3) is 0 Å². The van der Waals surface area contributed by atoms with Crippen molar-refractivity contribution >= 4 is 11.6 Å². The number of ether oxygens (including phenoxy) is 1. The molecule has 1 aliphatic carbocycles. The summed E-state index contributed by atoms with van der Waals surface area (Å²) in [5.41, 5.74) is 0.794. The van der Waals surface area contributed by atoms with Crippen LogP contribution in [0.2, 0.25) is 0 Å². The van der Waals surface area contributed by atoms with Crippen LogP contribution < -0.4 is 5.32 Å². The van der Waals surface area contributed by atoms with Crippen molar-refractivity contribution in [1.82, 2.24) is 9.78 Å². The summed E-state index contributed by atoms with van der Waals surface area (Å²) in [4.78, 5) is 11.6. The first-order chi connectivity index (χ1) is 8.31. The van der Waals surface area contributed by atoms with Crippen LogP contribution in [0.3, 0.4) is 0 Å². The summed E-state index contributed by atoms with van der Waals surface area (Å²) < 4.78 is 7.20. The first kappa shape index (κ1) is 10.8. The molecule has 3 rings (SSSR count). The van der Waals surface area contributed by atoms with E-state index in [1.165, 1.54) is 12.8 Å². The smallest absolute Gasteiger partial charge is 0.224 e. The molecule has 0 aromatic carbocycles. The van der Waals surface area contributed by atoms with Crippen molar-refractivity contribution in [2.24, 2.45) is 5.92 Å². The zero-order valence-electron chi connectivity index (χ0n) is 9.76. The Morgan fingerprint density at radius 1 is 1.53 bits per heavy atom. The number of hydrogen-bond donors (Lipinski definition) is 1. The molecule has 92 valence electrons. The van der Waals surface area contributed by atoms with Crippen molar-refractivity contribution in [3.05, 3.63) is 12.4 Å². The SMILES string of the molecule is O=C(CC1CC1)Nc1cnn(C2CCOC2)c1. The van der Waals surface area contributed by atoms with Crippen LogP contribution in [0.4, 0.5) is 5.69 Å². The number of aromatic nitrogens is 2. The maximum Gasteiger partial charge on any atom is 0.224 e. The van der Waals surface area contributed by atoms with Crippen LogP contribution in [0.5, 0.6) is 0 Å². The van der Waals surface area contributed by atoms with Gasteiger partial charge in [-0.05, 0) is 25.2 Å². The minimum atomic E-state index is 0.106. The number of carbonyl (C=O) groups excluding carboxylic acids is 1. The zero-order valence-corrected chi connectivity index (χ0v) is 9.76. The fourth-order valence-electron chi connectivity index (χ4n) is 2.13. The van der Waals surface area contributed by atoms with Crippen LogP contribution >= 0.6 is 0 Å². The third-order valence-corrected chi connectivity index (χ3v) is 3.34. The van der Waals surface area contributed by atoms with Crippen molar-refractivity contribution in [1.29, 1.82) is 0 Å². The molecule has 1 saturated carbocycles. The fourth-order valence-corrected chi connectivity index (χ4v) is 2.13. The van der Waals surface area contributed by atoms with Gasteiger partial charge < -0.3 is 10.1 Å². The maximum absolute atomic E-state index is 11.6. The maximum atomic E-state index is 11.6. The molecule has 0 bridgehead atoms. The van der Waals surface area contributed by atoms with Gasteiger partial charge in [-0.1, -0.05) is 0 Å². The summed E-state index contributed by atoms with van der Waals surface area (Å²) in [5.74, 6) is 0.725. The second-order valence-corrected chi connectivity index (χ2v) is 4.92. The van der Waals surface area contributed by atoms with E-state index in [2.05, 4.69) is 10.4 Å². The molecule has 2 aliphatic rings. The quantitative estimate of drug-likeness (QED) is 0.862. The van der Waals surface area contributed by atoms with Crippen molar-refractivity contribution in [3.63, 3.8) is 0 Å². The second-order valence-electron chi connectivity index (χ2n) is 4.92. The predicted octanol–water partition coefficient (Wildman–Crippen LogP) is 1.58. The number of nitrogens with one attached hydrogen (secondary N) is 1. The van der Waals surface area contributed by atoms with Crippen LogP contribution in [-0.4, -0.2) is 28.9 Å². The average molecular weight is 235 g/mol. The number of carbonyl (C=O) groups is 1. The van der Waals surface area contributed by atoms with E-state index < -0.39 is 0 Å². The molecule has 1 amide bonds. The Morgan fingerprint density at radius 2 is 2.41 bits per heavy atom. The van der Waals surface area contributed by atoms with E-state index >= 15 is 0 Å². The third kappa shape index (κ3) is 2.66. The molecule has 1 aliphatic heterocycles. The number of nitrogens with zero attached hydrogens (tertiary/aromatic N) is 2. The third-order valence-electron chi connectivity index (χ3n) is 3.34. The Hall–Kier alpha value is -1.36. The molecule has 2 fully saturated rings. The normalized spacial score (nSPS) is 23.9. The van der Waals surface area contributed by atoms with Crippen molar-refractivity contribution in [2.75, 3.05) is 18.5 Å². The van der Waals surface area contributed by atoms with Gasteiger partial charge in [-0.25, -0.2) is 0 Å². The number of amides is 1. The van der Waals surface area contributed by atoms with Crippen molar-refractivity contribution in [2.45, 2.75) is 31.7 Å². The van der Waals surface area contributed by atoms with Crippen LogP contribution in [0.1, 0.15) is 31.7 Å². The summed E-state index contributed by atoms with van der Waals surface area (Å²) >= 11 is 0. The second kappa shape index (κ2) is 4.49. The van der Waals surface area contributed by atoms with Gasteiger partial charge in [0, 0.05) is 19.2 Å².